The lowest BCUT2D eigenvalue weighted by Gasteiger charge is -2.06. The molecule has 0 fully saturated rings. The Bertz CT molecular complexity index is 685. The standard InChI is InChI=1S/C12H10ClN3O5/c13-7-1-2-10(9(5-7)16(18)19)21-6-11-8(3-4-20-11)12(17)15-14/h1-5H,6,14H2,(H,15,17). The van der Waals surface area contributed by atoms with Gasteiger partial charge in [0.25, 0.3) is 5.91 Å². The fraction of sp³-hybridized carbons (Fsp3) is 0.0833. The molecule has 0 aliphatic heterocycles. The van der Waals surface area contributed by atoms with E-state index in [0.717, 1.165) is 0 Å². The molecule has 9 heteroatoms. The Morgan fingerprint density at radius 3 is 2.90 bits per heavy atom. The number of halogens is 1. The van der Waals surface area contributed by atoms with Gasteiger partial charge in [0.15, 0.2) is 11.5 Å². The first kappa shape index (κ1) is 14.8. The summed E-state index contributed by atoms with van der Waals surface area (Å²) in [6.07, 6.45) is 1.29. The van der Waals surface area contributed by atoms with Crippen LogP contribution in [0.5, 0.6) is 5.75 Å². The second-order valence-electron chi connectivity index (χ2n) is 3.89. The van der Waals surface area contributed by atoms with Gasteiger partial charge in [-0.25, -0.2) is 5.84 Å². The van der Waals surface area contributed by atoms with Gasteiger partial charge in [0, 0.05) is 11.1 Å². The molecule has 0 aliphatic carbocycles. The first-order valence-electron chi connectivity index (χ1n) is 5.67. The summed E-state index contributed by atoms with van der Waals surface area (Å²) in [4.78, 5) is 21.8. The van der Waals surface area contributed by atoms with Crippen LogP contribution in [0.4, 0.5) is 5.69 Å². The Labute approximate surface area is 123 Å². The molecule has 1 aromatic carbocycles. The highest BCUT2D eigenvalue weighted by Gasteiger charge is 2.18. The number of ether oxygens (including phenoxy) is 1. The highest BCUT2D eigenvalue weighted by atomic mass is 35.5. The fourth-order valence-electron chi connectivity index (χ4n) is 1.63. The SMILES string of the molecule is NNC(=O)c1ccoc1COc1ccc(Cl)cc1[N+](=O)[O-]. The molecule has 0 saturated heterocycles. The van der Waals surface area contributed by atoms with Gasteiger partial charge in [-0.15, -0.1) is 0 Å². The lowest BCUT2D eigenvalue weighted by molar-refractivity contribution is -0.385. The minimum absolute atomic E-state index is 0.0138. The van der Waals surface area contributed by atoms with Gasteiger partial charge < -0.3 is 9.15 Å². The Kier molecular flexibility index (Phi) is 4.41. The molecule has 1 heterocycles. The van der Waals surface area contributed by atoms with Crippen molar-refractivity contribution < 1.29 is 18.9 Å². The normalized spacial score (nSPS) is 10.2. The molecule has 2 aromatic rings. The average molecular weight is 312 g/mol. The van der Waals surface area contributed by atoms with Crippen LogP contribution >= 0.6 is 11.6 Å². The van der Waals surface area contributed by atoms with Gasteiger partial charge in [0.05, 0.1) is 16.7 Å². The second-order valence-corrected chi connectivity index (χ2v) is 4.33. The number of nitrogen functional groups attached to an aromatic ring is 1. The summed E-state index contributed by atoms with van der Waals surface area (Å²) in [6.45, 7) is -0.168. The van der Waals surface area contributed by atoms with E-state index >= 15 is 0 Å². The van der Waals surface area contributed by atoms with Crippen LogP contribution in [0.3, 0.4) is 0 Å². The van der Waals surface area contributed by atoms with Crippen molar-refractivity contribution in [2.45, 2.75) is 6.61 Å². The molecule has 110 valence electrons. The second kappa shape index (κ2) is 6.25. The van der Waals surface area contributed by atoms with Gasteiger partial charge in [-0.3, -0.25) is 20.3 Å². The zero-order chi connectivity index (χ0) is 15.4. The number of nitro groups is 1. The number of hydrazine groups is 1. The van der Waals surface area contributed by atoms with Crippen molar-refractivity contribution in [2.75, 3.05) is 0 Å². The summed E-state index contributed by atoms with van der Waals surface area (Å²) >= 11 is 5.70. The third-order valence-electron chi connectivity index (χ3n) is 2.60. The van der Waals surface area contributed by atoms with Gasteiger partial charge in [0.1, 0.15) is 6.61 Å². The molecule has 21 heavy (non-hydrogen) atoms. The van der Waals surface area contributed by atoms with Gasteiger partial charge in [0.2, 0.25) is 0 Å². The highest BCUT2D eigenvalue weighted by Crippen LogP contribution is 2.30. The molecule has 0 bridgehead atoms. The van der Waals surface area contributed by atoms with E-state index in [4.69, 9.17) is 26.6 Å². The number of benzene rings is 1. The van der Waals surface area contributed by atoms with Crippen LogP contribution in [-0.4, -0.2) is 10.8 Å². The Hall–Kier alpha value is -2.58. The van der Waals surface area contributed by atoms with Crippen LogP contribution in [0, 0.1) is 10.1 Å². The Morgan fingerprint density at radius 1 is 1.48 bits per heavy atom. The molecule has 0 aliphatic rings. The lowest BCUT2D eigenvalue weighted by atomic mass is 10.2. The molecule has 8 nitrogen and oxygen atoms in total. The zero-order valence-corrected chi connectivity index (χ0v) is 11.3. The Balaban J connectivity index is 2.19. The summed E-state index contributed by atoms with van der Waals surface area (Å²) in [7, 11) is 0. The molecule has 3 N–H and O–H groups in total. The van der Waals surface area contributed by atoms with E-state index in [9.17, 15) is 14.9 Å². The van der Waals surface area contributed by atoms with Crippen LogP contribution in [0.2, 0.25) is 5.02 Å². The number of amides is 1. The number of nitrogens with one attached hydrogen (secondary N) is 1. The maximum Gasteiger partial charge on any atom is 0.312 e. The molecule has 0 unspecified atom stereocenters. The van der Waals surface area contributed by atoms with Crippen molar-refractivity contribution in [1.82, 2.24) is 5.43 Å². The van der Waals surface area contributed by atoms with Crippen LogP contribution in [0.25, 0.3) is 0 Å². The number of nitrogens with two attached hydrogens (primary N) is 1. The van der Waals surface area contributed by atoms with E-state index in [1.54, 1.807) is 0 Å². The van der Waals surface area contributed by atoms with Crippen LogP contribution in [0.1, 0.15) is 16.1 Å². The van der Waals surface area contributed by atoms with Crippen molar-refractivity contribution >= 4 is 23.2 Å². The van der Waals surface area contributed by atoms with E-state index in [-0.39, 0.29) is 34.4 Å². The third-order valence-corrected chi connectivity index (χ3v) is 2.83. The number of rotatable bonds is 5. The van der Waals surface area contributed by atoms with E-state index < -0.39 is 10.8 Å². The number of furan rings is 1. The first-order valence-corrected chi connectivity index (χ1v) is 6.04. The fourth-order valence-corrected chi connectivity index (χ4v) is 1.80. The number of nitro benzene ring substituents is 1. The number of nitrogens with zero attached hydrogens (tertiary/aromatic N) is 1. The van der Waals surface area contributed by atoms with E-state index in [1.165, 1.54) is 30.5 Å². The maximum atomic E-state index is 11.4. The van der Waals surface area contributed by atoms with Crippen molar-refractivity contribution in [3.63, 3.8) is 0 Å². The van der Waals surface area contributed by atoms with Gasteiger partial charge in [-0.1, -0.05) is 11.6 Å². The topological polar surface area (TPSA) is 121 Å². The third kappa shape index (κ3) is 3.30. The molecular formula is C12H10ClN3O5. The number of hydrogen-bond acceptors (Lipinski definition) is 6. The largest absolute Gasteiger partial charge is 0.479 e. The van der Waals surface area contributed by atoms with Crippen LogP contribution < -0.4 is 16.0 Å². The molecule has 0 atom stereocenters. The van der Waals surface area contributed by atoms with Crippen molar-refractivity contribution in [1.29, 1.82) is 0 Å². The molecule has 0 saturated carbocycles. The molecule has 2 rings (SSSR count). The zero-order valence-electron chi connectivity index (χ0n) is 10.5. The van der Waals surface area contributed by atoms with Crippen molar-refractivity contribution in [3.8, 4) is 5.75 Å². The minimum atomic E-state index is -0.614. The predicted molar refractivity (Wildman–Crippen MR) is 72.8 cm³/mol. The summed E-state index contributed by atoms with van der Waals surface area (Å²) in [6, 6.07) is 5.41. The molecule has 0 radical (unpaired) electrons. The lowest BCUT2D eigenvalue weighted by Crippen LogP contribution is -2.30. The van der Waals surface area contributed by atoms with Crippen molar-refractivity contribution in [3.05, 3.63) is 57.0 Å². The van der Waals surface area contributed by atoms with E-state index in [2.05, 4.69) is 0 Å². The quantitative estimate of drug-likeness (QED) is 0.377. The van der Waals surface area contributed by atoms with Gasteiger partial charge in [-0.05, 0) is 18.2 Å². The Morgan fingerprint density at radius 2 is 2.24 bits per heavy atom. The molecule has 0 spiro atoms. The smallest absolute Gasteiger partial charge is 0.312 e. The first-order chi connectivity index (χ1) is 10.0. The summed E-state index contributed by atoms with van der Waals surface area (Å²) in [5, 5.41) is 11.1. The predicted octanol–water partition coefficient (Wildman–Crippen LogP) is 2.02. The summed E-state index contributed by atoms with van der Waals surface area (Å²) in [5.41, 5.74) is 1.87. The maximum absolute atomic E-state index is 11.4. The van der Waals surface area contributed by atoms with E-state index in [1.807, 2.05) is 5.43 Å². The number of hydrogen-bond donors (Lipinski definition) is 2. The van der Waals surface area contributed by atoms with Gasteiger partial charge >= 0.3 is 5.69 Å². The molecule has 1 aromatic heterocycles. The highest BCUT2D eigenvalue weighted by molar-refractivity contribution is 6.30. The van der Waals surface area contributed by atoms with Crippen LogP contribution in [0.15, 0.2) is 34.9 Å². The van der Waals surface area contributed by atoms with Crippen molar-refractivity contribution in [2.24, 2.45) is 5.84 Å². The summed E-state index contributed by atoms with van der Waals surface area (Å²) < 4.78 is 10.4. The molecule has 1 amide bonds. The average Bonchev–Trinajstić information content (AvgIpc) is 2.93. The number of carbonyl (C=O) groups is 1. The monoisotopic (exact) mass is 311 g/mol. The summed E-state index contributed by atoms with van der Waals surface area (Å²) in [5.74, 6) is 4.70. The number of carbonyl (C=O) groups excluding carboxylic acids is 1. The minimum Gasteiger partial charge on any atom is -0.479 e. The molecular weight excluding hydrogens is 302 g/mol. The van der Waals surface area contributed by atoms with E-state index in [0.29, 0.717) is 0 Å². The van der Waals surface area contributed by atoms with Crippen LogP contribution in [-0.2, 0) is 6.61 Å². The van der Waals surface area contributed by atoms with Gasteiger partial charge in [-0.2, -0.15) is 0 Å².